The predicted octanol–water partition coefficient (Wildman–Crippen LogP) is 24.6. The van der Waals surface area contributed by atoms with Crippen LogP contribution >= 0.6 is 0 Å². The van der Waals surface area contributed by atoms with Crippen molar-refractivity contribution < 1.29 is 28.6 Å². The van der Waals surface area contributed by atoms with Crippen LogP contribution in [0.2, 0.25) is 0 Å². The van der Waals surface area contributed by atoms with Gasteiger partial charge >= 0.3 is 17.9 Å². The molecule has 0 fully saturated rings. The van der Waals surface area contributed by atoms with E-state index in [0.29, 0.717) is 19.3 Å². The molecule has 0 radical (unpaired) electrons. The monoisotopic (exact) mass is 1100 g/mol. The average Bonchev–Trinajstić information content (AvgIpc) is 3.44. The topological polar surface area (TPSA) is 78.9 Å². The second kappa shape index (κ2) is 67.9. The maximum absolute atomic E-state index is 12.9. The van der Waals surface area contributed by atoms with Gasteiger partial charge in [0.05, 0.1) is 0 Å². The van der Waals surface area contributed by atoms with E-state index < -0.39 is 6.10 Å². The van der Waals surface area contributed by atoms with Gasteiger partial charge in [-0.25, -0.2) is 0 Å². The molecule has 0 aliphatic heterocycles. The Labute approximate surface area is 488 Å². The smallest absolute Gasteiger partial charge is 0.306 e. The first-order chi connectivity index (χ1) is 38.5. The number of unbranched alkanes of at least 4 members (excludes halogenated alkanes) is 57. The molecule has 1 atom stereocenters. The van der Waals surface area contributed by atoms with E-state index in [4.69, 9.17) is 14.2 Å². The zero-order valence-corrected chi connectivity index (χ0v) is 53.5. The third kappa shape index (κ3) is 65.2. The van der Waals surface area contributed by atoms with Gasteiger partial charge in [0.1, 0.15) is 13.2 Å². The van der Waals surface area contributed by atoms with Gasteiger partial charge < -0.3 is 14.2 Å². The highest BCUT2D eigenvalue weighted by Crippen LogP contribution is 2.20. The zero-order valence-electron chi connectivity index (χ0n) is 53.5. The summed E-state index contributed by atoms with van der Waals surface area (Å²) in [7, 11) is 0. The SMILES string of the molecule is CCCCCCCCCCCCCCCCCCCCCCCCCCCCCCCCCC(=O)OCC(COC(=O)CCCCCCCCCCCCC)OC(=O)CCCCCCCCCCCCCCCCCCCC. The summed E-state index contributed by atoms with van der Waals surface area (Å²) in [6.07, 6.45) is 80.1. The standard InChI is InChI=1S/C72H140O6/c1-4-7-10-13-16-19-22-24-26-28-30-31-32-33-34-35-36-37-38-39-40-41-42-44-45-47-50-53-56-59-62-65-71(74)77-68-69(67-76-70(73)64-61-58-55-52-49-21-18-15-12-9-6-3)78-72(75)66-63-60-57-54-51-48-46-43-29-27-25-23-20-17-14-11-8-5-2/h69H,4-68H2,1-3H3. The molecular weight excluding hydrogens is 961 g/mol. The summed E-state index contributed by atoms with van der Waals surface area (Å²) in [5, 5.41) is 0. The highest BCUT2D eigenvalue weighted by Gasteiger charge is 2.20. The molecule has 0 amide bonds. The van der Waals surface area contributed by atoms with E-state index in [1.807, 2.05) is 0 Å². The van der Waals surface area contributed by atoms with Gasteiger partial charge in [0.15, 0.2) is 6.10 Å². The Balaban J connectivity index is 4.05. The Morgan fingerprint density at radius 3 is 0.513 bits per heavy atom. The van der Waals surface area contributed by atoms with E-state index in [-0.39, 0.29) is 31.1 Å². The van der Waals surface area contributed by atoms with E-state index in [0.717, 1.165) is 57.8 Å². The summed E-state index contributed by atoms with van der Waals surface area (Å²) < 4.78 is 17.0. The normalized spacial score (nSPS) is 11.9. The summed E-state index contributed by atoms with van der Waals surface area (Å²) in [6, 6.07) is 0. The third-order valence-corrected chi connectivity index (χ3v) is 16.9. The van der Waals surface area contributed by atoms with Crippen molar-refractivity contribution in [1.29, 1.82) is 0 Å². The first-order valence-corrected chi connectivity index (χ1v) is 36.0. The fourth-order valence-corrected chi connectivity index (χ4v) is 11.5. The maximum atomic E-state index is 12.9. The molecule has 464 valence electrons. The Hall–Kier alpha value is -1.59. The van der Waals surface area contributed by atoms with Crippen LogP contribution < -0.4 is 0 Å². The van der Waals surface area contributed by atoms with Crippen LogP contribution in [0, 0.1) is 0 Å². The van der Waals surface area contributed by atoms with E-state index in [1.54, 1.807) is 0 Å². The van der Waals surface area contributed by atoms with Crippen LogP contribution in [0.15, 0.2) is 0 Å². The van der Waals surface area contributed by atoms with Gasteiger partial charge in [0.2, 0.25) is 0 Å². The largest absolute Gasteiger partial charge is 0.462 e. The van der Waals surface area contributed by atoms with E-state index in [2.05, 4.69) is 20.8 Å². The Bertz CT molecular complexity index is 1170. The molecule has 0 aliphatic rings. The van der Waals surface area contributed by atoms with Crippen LogP contribution in [-0.4, -0.2) is 37.2 Å². The first kappa shape index (κ1) is 76.4. The molecule has 0 saturated carbocycles. The fraction of sp³-hybridized carbons (Fsp3) is 0.958. The van der Waals surface area contributed by atoms with Crippen LogP contribution in [0.1, 0.15) is 425 Å². The molecule has 0 aromatic heterocycles. The van der Waals surface area contributed by atoms with Crippen LogP contribution in [-0.2, 0) is 28.6 Å². The molecule has 0 spiro atoms. The van der Waals surface area contributed by atoms with Gasteiger partial charge in [-0.1, -0.05) is 387 Å². The van der Waals surface area contributed by atoms with Gasteiger partial charge in [0, 0.05) is 19.3 Å². The highest BCUT2D eigenvalue weighted by atomic mass is 16.6. The molecule has 1 unspecified atom stereocenters. The number of carbonyl (C=O) groups excluding carboxylic acids is 3. The predicted molar refractivity (Wildman–Crippen MR) is 340 cm³/mol. The van der Waals surface area contributed by atoms with Crippen molar-refractivity contribution in [3.05, 3.63) is 0 Å². The summed E-state index contributed by atoms with van der Waals surface area (Å²) >= 11 is 0. The minimum absolute atomic E-state index is 0.0605. The lowest BCUT2D eigenvalue weighted by Crippen LogP contribution is -2.30. The fourth-order valence-electron chi connectivity index (χ4n) is 11.5. The number of rotatable bonds is 68. The lowest BCUT2D eigenvalue weighted by molar-refractivity contribution is -0.167. The van der Waals surface area contributed by atoms with Crippen molar-refractivity contribution >= 4 is 17.9 Å². The van der Waals surface area contributed by atoms with Gasteiger partial charge in [-0.05, 0) is 19.3 Å². The Morgan fingerprint density at radius 1 is 0.205 bits per heavy atom. The summed E-state index contributed by atoms with van der Waals surface area (Å²) in [5.41, 5.74) is 0. The second-order valence-electron chi connectivity index (χ2n) is 24.9. The van der Waals surface area contributed by atoms with Crippen molar-refractivity contribution in [3.63, 3.8) is 0 Å². The van der Waals surface area contributed by atoms with E-state index >= 15 is 0 Å². The van der Waals surface area contributed by atoms with Gasteiger partial charge in [0.25, 0.3) is 0 Å². The molecule has 0 rings (SSSR count). The minimum atomic E-state index is -0.762. The van der Waals surface area contributed by atoms with Crippen molar-refractivity contribution in [2.75, 3.05) is 13.2 Å². The highest BCUT2D eigenvalue weighted by molar-refractivity contribution is 5.71. The number of hydrogen-bond acceptors (Lipinski definition) is 6. The van der Waals surface area contributed by atoms with E-state index in [1.165, 1.54) is 327 Å². The molecule has 0 saturated heterocycles. The molecule has 0 N–H and O–H groups in total. The molecule has 0 bridgehead atoms. The lowest BCUT2D eigenvalue weighted by Gasteiger charge is -2.18. The molecule has 0 heterocycles. The number of hydrogen-bond donors (Lipinski definition) is 0. The molecule has 6 nitrogen and oxygen atoms in total. The number of carbonyl (C=O) groups is 3. The molecule has 0 aromatic carbocycles. The third-order valence-electron chi connectivity index (χ3n) is 16.9. The van der Waals surface area contributed by atoms with Crippen LogP contribution in [0.4, 0.5) is 0 Å². The van der Waals surface area contributed by atoms with Crippen molar-refractivity contribution in [3.8, 4) is 0 Å². The lowest BCUT2D eigenvalue weighted by atomic mass is 10.0. The van der Waals surface area contributed by atoms with Crippen molar-refractivity contribution in [1.82, 2.24) is 0 Å². The van der Waals surface area contributed by atoms with Crippen molar-refractivity contribution in [2.45, 2.75) is 431 Å². The van der Waals surface area contributed by atoms with Gasteiger partial charge in [-0.15, -0.1) is 0 Å². The quantitative estimate of drug-likeness (QED) is 0.0343. The summed E-state index contributed by atoms with van der Waals surface area (Å²) in [5.74, 6) is -0.824. The van der Waals surface area contributed by atoms with Gasteiger partial charge in [-0.3, -0.25) is 14.4 Å². The summed E-state index contributed by atoms with van der Waals surface area (Å²) in [4.78, 5) is 38.3. The van der Waals surface area contributed by atoms with Crippen LogP contribution in [0.5, 0.6) is 0 Å². The molecular formula is C72H140O6. The van der Waals surface area contributed by atoms with Crippen LogP contribution in [0.3, 0.4) is 0 Å². The molecule has 6 heteroatoms. The maximum Gasteiger partial charge on any atom is 0.306 e. The average molecular weight is 1100 g/mol. The molecule has 78 heavy (non-hydrogen) atoms. The molecule has 0 aromatic rings. The first-order valence-electron chi connectivity index (χ1n) is 36.0. The number of ether oxygens (including phenoxy) is 3. The van der Waals surface area contributed by atoms with E-state index in [9.17, 15) is 14.4 Å². The zero-order chi connectivity index (χ0) is 56.4. The minimum Gasteiger partial charge on any atom is -0.462 e. The second-order valence-corrected chi connectivity index (χ2v) is 24.9. The Kier molecular flexibility index (Phi) is 66.5. The van der Waals surface area contributed by atoms with Gasteiger partial charge in [-0.2, -0.15) is 0 Å². The number of esters is 3. The Morgan fingerprint density at radius 2 is 0.346 bits per heavy atom. The van der Waals surface area contributed by atoms with Crippen molar-refractivity contribution in [2.24, 2.45) is 0 Å². The molecule has 0 aliphatic carbocycles. The van der Waals surface area contributed by atoms with Crippen LogP contribution in [0.25, 0.3) is 0 Å². The summed E-state index contributed by atoms with van der Waals surface area (Å²) in [6.45, 7) is 6.73.